The third-order valence-electron chi connectivity index (χ3n) is 6.10. The zero-order chi connectivity index (χ0) is 13.3. The van der Waals surface area contributed by atoms with E-state index in [1.54, 1.807) is 6.07 Å². The number of phenols is 1. The van der Waals surface area contributed by atoms with Crippen LogP contribution in [0.5, 0.6) is 17.2 Å². The van der Waals surface area contributed by atoms with E-state index in [0.717, 1.165) is 29.1 Å². The van der Waals surface area contributed by atoms with E-state index in [4.69, 9.17) is 9.47 Å². The van der Waals surface area contributed by atoms with Crippen LogP contribution in [0.4, 0.5) is 0 Å². The van der Waals surface area contributed by atoms with Crippen LogP contribution in [0.3, 0.4) is 0 Å². The van der Waals surface area contributed by atoms with Crippen LogP contribution in [0.2, 0.25) is 0 Å². The topological polar surface area (TPSA) is 38.7 Å². The maximum absolute atomic E-state index is 10.5. The second-order valence-corrected chi connectivity index (χ2v) is 7.42. The van der Waals surface area contributed by atoms with Crippen LogP contribution in [0.15, 0.2) is 12.1 Å². The molecule has 0 radical (unpaired) electrons. The van der Waals surface area contributed by atoms with Crippen LogP contribution in [0.1, 0.15) is 44.1 Å². The molecule has 1 heterocycles. The highest BCUT2D eigenvalue weighted by molar-refractivity contribution is 5.54. The predicted molar refractivity (Wildman–Crippen MR) is 74.1 cm³/mol. The molecule has 0 spiro atoms. The van der Waals surface area contributed by atoms with Crippen LogP contribution in [-0.2, 0) is 5.41 Å². The highest BCUT2D eigenvalue weighted by Gasteiger charge is 2.52. The molecule has 0 amide bonds. The van der Waals surface area contributed by atoms with Crippen molar-refractivity contribution in [3.05, 3.63) is 17.7 Å². The summed E-state index contributed by atoms with van der Waals surface area (Å²) in [6.07, 6.45) is 8.03. The van der Waals surface area contributed by atoms with Gasteiger partial charge < -0.3 is 14.6 Å². The molecule has 5 aliphatic rings. The lowest BCUT2D eigenvalue weighted by Crippen LogP contribution is -2.48. The Kier molecular flexibility index (Phi) is 2.05. The highest BCUT2D eigenvalue weighted by Crippen LogP contribution is 2.62. The predicted octanol–water partition coefficient (Wildman–Crippen LogP) is 3.59. The van der Waals surface area contributed by atoms with Gasteiger partial charge in [-0.05, 0) is 67.8 Å². The number of aromatic hydroxyl groups is 1. The Labute approximate surface area is 118 Å². The lowest BCUT2D eigenvalue weighted by molar-refractivity contribution is -0.00620. The van der Waals surface area contributed by atoms with Crippen molar-refractivity contribution >= 4 is 0 Å². The van der Waals surface area contributed by atoms with Gasteiger partial charge in [0.05, 0.1) is 0 Å². The largest absolute Gasteiger partial charge is 0.508 e. The van der Waals surface area contributed by atoms with Crippen LogP contribution in [-0.4, -0.2) is 11.9 Å². The van der Waals surface area contributed by atoms with E-state index in [-0.39, 0.29) is 12.2 Å². The van der Waals surface area contributed by atoms with Gasteiger partial charge in [0, 0.05) is 11.6 Å². The summed E-state index contributed by atoms with van der Waals surface area (Å²) in [5.41, 5.74) is 1.33. The van der Waals surface area contributed by atoms with E-state index in [9.17, 15) is 5.11 Å². The molecule has 3 nitrogen and oxygen atoms in total. The Morgan fingerprint density at radius 1 is 0.900 bits per heavy atom. The van der Waals surface area contributed by atoms with Gasteiger partial charge in [0.1, 0.15) is 5.75 Å². The van der Waals surface area contributed by atoms with E-state index in [2.05, 4.69) is 6.07 Å². The monoisotopic (exact) mass is 272 g/mol. The summed E-state index contributed by atoms with van der Waals surface area (Å²) < 4.78 is 10.9. The number of fused-ring (bicyclic) bond motifs is 1. The molecule has 0 atom stereocenters. The molecule has 4 bridgehead atoms. The van der Waals surface area contributed by atoms with Crippen molar-refractivity contribution in [3.8, 4) is 17.2 Å². The summed E-state index contributed by atoms with van der Waals surface area (Å²) in [6.45, 7) is 0.277. The fraction of sp³-hybridized carbons (Fsp3) is 0.647. The van der Waals surface area contributed by atoms with Gasteiger partial charge in [-0.2, -0.15) is 0 Å². The van der Waals surface area contributed by atoms with Crippen molar-refractivity contribution in [2.45, 2.75) is 43.9 Å². The van der Waals surface area contributed by atoms with Crippen LogP contribution >= 0.6 is 0 Å². The van der Waals surface area contributed by atoms with Crippen molar-refractivity contribution in [1.82, 2.24) is 0 Å². The number of benzene rings is 1. The van der Waals surface area contributed by atoms with Gasteiger partial charge in [0.25, 0.3) is 0 Å². The fourth-order valence-corrected chi connectivity index (χ4v) is 5.80. The molecule has 3 heteroatoms. The molecule has 20 heavy (non-hydrogen) atoms. The maximum atomic E-state index is 10.5. The van der Waals surface area contributed by atoms with Gasteiger partial charge in [-0.1, -0.05) is 0 Å². The average Bonchev–Trinajstić information content (AvgIpc) is 2.83. The molecule has 6 rings (SSSR count). The second-order valence-electron chi connectivity index (χ2n) is 7.42. The van der Waals surface area contributed by atoms with Gasteiger partial charge in [-0.3, -0.25) is 0 Å². The molecule has 0 unspecified atom stereocenters. The van der Waals surface area contributed by atoms with Gasteiger partial charge in [0.2, 0.25) is 6.79 Å². The minimum Gasteiger partial charge on any atom is -0.508 e. The fourth-order valence-electron chi connectivity index (χ4n) is 5.80. The van der Waals surface area contributed by atoms with Crippen molar-refractivity contribution in [2.24, 2.45) is 17.8 Å². The Bertz CT molecular complexity index is 543. The SMILES string of the molecule is Oc1cc2c(cc1C13CC4CC(CC(C4)C1)C3)OCO2. The summed E-state index contributed by atoms with van der Waals surface area (Å²) in [4.78, 5) is 0. The maximum Gasteiger partial charge on any atom is 0.231 e. The van der Waals surface area contributed by atoms with Crippen molar-refractivity contribution in [2.75, 3.05) is 6.79 Å². The molecule has 1 N–H and O–H groups in total. The van der Waals surface area contributed by atoms with Crippen molar-refractivity contribution < 1.29 is 14.6 Å². The highest BCUT2D eigenvalue weighted by atomic mass is 16.7. The van der Waals surface area contributed by atoms with Gasteiger partial charge in [-0.25, -0.2) is 0 Å². The zero-order valence-corrected chi connectivity index (χ0v) is 11.6. The first-order valence-electron chi connectivity index (χ1n) is 7.85. The van der Waals surface area contributed by atoms with E-state index in [0.29, 0.717) is 11.5 Å². The first-order valence-corrected chi connectivity index (χ1v) is 7.85. The minimum absolute atomic E-state index is 0.208. The van der Waals surface area contributed by atoms with Gasteiger partial charge in [-0.15, -0.1) is 0 Å². The van der Waals surface area contributed by atoms with E-state index in [1.165, 1.54) is 38.5 Å². The molecular weight excluding hydrogens is 252 g/mol. The van der Waals surface area contributed by atoms with Crippen LogP contribution < -0.4 is 9.47 Å². The molecule has 0 aromatic heterocycles. The molecule has 4 aliphatic carbocycles. The zero-order valence-electron chi connectivity index (χ0n) is 11.6. The Balaban J connectivity index is 1.63. The average molecular weight is 272 g/mol. The molecule has 1 aliphatic heterocycles. The molecule has 4 fully saturated rings. The van der Waals surface area contributed by atoms with Crippen LogP contribution in [0, 0.1) is 17.8 Å². The Morgan fingerprint density at radius 2 is 1.45 bits per heavy atom. The first kappa shape index (κ1) is 11.3. The normalized spacial score (nSPS) is 40.3. The molecule has 1 aromatic carbocycles. The number of hydrogen-bond acceptors (Lipinski definition) is 3. The summed E-state index contributed by atoms with van der Waals surface area (Å²) in [7, 11) is 0. The number of hydrogen-bond donors (Lipinski definition) is 1. The van der Waals surface area contributed by atoms with Crippen molar-refractivity contribution in [3.63, 3.8) is 0 Å². The molecule has 106 valence electrons. The van der Waals surface area contributed by atoms with Gasteiger partial charge >= 0.3 is 0 Å². The third-order valence-corrected chi connectivity index (χ3v) is 6.10. The number of phenolic OH excluding ortho intramolecular Hbond substituents is 1. The third kappa shape index (κ3) is 1.41. The summed E-state index contributed by atoms with van der Waals surface area (Å²) in [6, 6.07) is 3.82. The van der Waals surface area contributed by atoms with Crippen LogP contribution in [0.25, 0.3) is 0 Å². The summed E-state index contributed by atoms with van der Waals surface area (Å²) in [5.74, 6) is 4.56. The Morgan fingerprint density at radius 3 is 2.05 bits per heavy atom. The minimum atomic E-state index is 0.208. The standard InChI is InChI=1S/C17H20O3/c18-14-5-16-15(19-9-20-16)4-13(14)17-6-10-1-11(7-17)3-12(2-10)8-17/h4-5,10-12,18H,1-3,6-9H2. The quantitative estimate of drug-likeness (QED) is 0.849. The summed E-state index contributed by atoms with van der Waals surface area (Å²) in [5, 5.41) is 10.5. The smallest absolute Gasteiger partial charge is 0.231 e. The summed E-state index contributed by atoms with van der Waals surface area (Å²) >= 11 is 0. The molecule has 1 aromatic rings. The van der Waals surface area contributed by atoms with E-state index >= 15 is 0 Å². The lowest BCUT2D eigenvalue weighted by Gasteiger charge is -2.57. The molecule has 0 saturated heterocycles. The Hall–Kier alpha value is -1.38. The number of ether oxygens (including phenoxy) is 2. The van der Waals surface area contributed by atoms with E-state index in [1.807, 2.05) is 0 Å². The molecular formula is C17H20O3. The van der Waals surface area contributed by atoms with E-state index < -0.39 is 0 Å². The van der Waals surface area contributed by atoms with Gasteiger partial charge in [0.15, 0.2) is 11.5 Å². The van der Waals surface area contributed by atoms with Crippen molar-refractivity contribution in [1.29, 1.82) is 0 Å². The lowest BCUT2D eigenvalue weighted by atomic mass is 9.48. The number of rotatable bonds is 1. The second kappa shape index (κ2) is 3.63. The molecule has 4 saturated carbocycles. The first-order chi connectivity index (χ1) is 9.72.